The van der Waals surface area contributed by atoms with Crippen molar-refractivity contribution in [2.24, 2.45) is 0 Å². The van der Waals surface area contributed by atoms with Crippen LogP contribution in [0, 0.1) is 12.3 Å². The van der Waals surface area contributed by atoms with Crippen LogP contribution in [0.1, 0.15) is 5.56 Å². The Morgan fingerprint density at radius 3 is 2.81 bits per heavy atom. The fourth-order valence-corrected chi connectivity index (χ4v) is 2.76. The van der Waals surface area contributed by atoms with E-state index in [4.69, 9.17) is 22.8 Å². The molecule has 1 N–H and O–H groups in total. The van der Waals surface area contributed by atoms with Crippen LogP contribution in [-0.4, -0.2) is 6.61 Å². The Morgan fingerprint density at radius 1 is 1.24 bits per heavy atom. The van der Waals surface area contributed by atoms with Gasteiger partial charge < -0.3 is 10.1 Å². The SMILES string of the molecule is C#CCOc1ccc(Br)cc1CNc1cccc(Cl)c1Br. The fraction of sp³-hybridized carbons (Fsp3) is 0.125. The minimum absolute atomic E-state index is 0.246. The molecule has 0 saturated heterocycles. The third-order valence-electron chi connectivity index (χ3n) is 2.75. The Labute approximate surface area is 146 Å². The number of ether oxygens (including phenoxy) is 1. The molecule has 0 aliphatic rings. The van der Waals surface area contributed by atoms with Crippen molar-refractivity contribution in [2.45, 2.75) is 6.54 Å². The lowest BCUT2D eigenvalue weighted by molar-refractivity contribution is 0.366. The zero-order chi connectivity index (χ0) is 15.2. The van der Waals surface area contributed by atoms with Crippen LogP contribution in [0.15, 0.2) is 45.3 Å². The number of rotatable bonds is 5. The summed E-state index contributed by atoms with van der Waals surface area (Å²) in [7, 11) is 0. The third kappa shape index (κ3) is 4.41. The summed E-state index contributed by atoms with van der Waals surface area (Å²) in [4.78, 5) is 0. The second-order valence-corrected chi connectivity index (χ2v) is 6.32. The topological polar surface area (TPSA) is 21.3 Å². The third-order valence-corrected chi connectivity index (χ3v) is 4.65. The number of terminal acetylenes is 1. The largest absolute Gasteiger partial charge is 0.481 e. The normalized spacial score (nSPS) is 10.0. The molecule has 0 heterocycles. The van der Waals surface area contributed by atoms with Gasteiger partial charge in [-0.3, -0.25) is 0 Å². The molecule has 2 rings (SSSR count). The van der Waals surface area contributed by atoms with E-state index in [1.165, 1.54) is 0 Å². The van der Waals surface area contributed by atoms with Crippen LogP contribution in [0.5, 0.6) is 5.75 Å². The Morgan fingerprint density at radius 2 is 2.05 bits per heavy atom. The number of benzene rings is 2. The van der Waals surface area contributed by atoms with Crippen molar-refractivity contribution in [2.75, 3.05) is 11.9 Å². The standard InChI is InChI=1S/C16H12Br2ClNO/c1-2-8-21-15-7-6-12(17)9-11(15)10-20-14-5-3-4-13(19)16(14)18/h1,3-7,9,20H,8,10H2. The quantitative estimate of drug-likeness (QED) is 0.635. The summed E-state index contributed by atoms with van der Waals surface area (Å²) in [5, 5.41) is 4.00. The summed E-state index contributed by atoms with van der Waals surface area (Å²) < 4.78 is 7.37. The molecule has 0 saturated carbocycles. The predicted octanol–water partition coefficient (Wildman–Crippen LogP) is 5.49. The predicted molar refractivity (Wildman–Crippen MR) is 94.9 cm³/mol. The second kappa shape index (κ2) is 7.74. The lowest BCUT2D eigenvalue weighted by Crippen LogP contribution is -2.04. The van der Waals surface area contributed by atoms with Crippen LogP contribution in [0.25, 0.3) is 0 Å². The van der Waals surface area contributed by atoms with Gasteiger partial charge >= 0.3 is 0 Å². The minimum atomic E-state index is 0.246. The van der Waals surface area contributed by atoms with Gasteiger partial charge in [-0.2, -0.15) is 0 Å². The molecular formula is C16H12Br2ClNO. The van der Waals surface area contributed by atoms with Gasteiger partial charge in [0.25, 0.3) is 0 Å². The Balaban J connectivity index is 2.17. The van der Waals surface area contributed by atoms with Gasteiger partial charge in [-0.1, -0.05) is 39.5 Å². The Hall–Kier alpha value is -1.15. The molecule has 0 fully saturated rings. The van der Waals surface area contributed by atoms with Crippen LogP contribution in [0.3, 0.4) is 0 Å². The average Bonchev–Trinajstić information content (AvgIpc) is 2.48. The van der Waals surface area contributed by atoms with Crippen molar-refractivity contribution >= 4 is 49.1 Å². The molecule has 0 bridgehead atoms. The van der Waals surface area contributed by atoms with E-state index in [1.807, 2.05) is 36.4 Å². The van der Waals surface area contributed by atoms with E-state index < -0.39 is 0 Å². The molecule has 0 spiro atoms. The number of hydrogen-bond donors (Lipinski definition) is 1. The smallest absolute Gasteiger partial charge is 0.148 e. The monoisotopic (exact) mass is 427 g/mol. The molecule has 0 atom stereocenters. The van der Waals surface area contributed by atoms with Crippen LogP contribution in [0.2, 0.25) is 5.02 Å². The van der Waals surface area contributed by atoms with Crippen molar-refractivity contribution in [1.29, 1.82) is 0 Å². The number of hydrogen-bond acceptors (Lipinski definition) is 2. The maximum absolute atomic E-state index is 6.08. The molecule has 0 aliphatic heterocycles. The molecule has 2 aromatic carbocycles. The van der Waals surface area contributed by atoms with Gasteiger partial charge in [0.1, 0.15) is 12.4 Å². The number of halogens is 3. The highest BCUT2D eigenvalue weighted by atomic mass is 79.9. The first-order valence-electron chi connectivity index (χ1n) is 6.14. The maximum atomic E-state index is 6.08. The molecule has 0 radical (unpaired) electrons. The molecule has 108 valence electrons. The summed E-state index contributed by atoms with van der Waals surface area (Å²) >= 11 is 13.0. The van der Waals surface area contributed by atoms with E-state index >= 15 is 0 Å². The van der Waals surface area contributed by atoms with Gasteiger partial charge in [0.15, 0.2) is 0 Å². The van der Waals surface area contributed by atoms with E-state index in [1.54, 1.807) is 0 Å². The highest BCUT2D eigenvalue weighted by molar-refractivity contribution is 9.11. The van der Waals surface area contributed by atoms with Crippen molar-refractivity contribution in [1.82, 2.24) is 0 Å². The van der Waals surface area contributed by atoms with Gasteiger partial charge in [0.2, 0.25) is 0 Å². The Kier molecular flexibility index (Phi) is 5.98. The molecular weight excluding hydrogens is 417 g/mol. The lowest BCUT2D eigenvalue weighted by Gasteiger charge is -2.13. The lowest BCUT2D eigenvalue weighted by atomic mass is 10.2. The Bertz CT molecular complexity index is 682. The van der Waals surface area contributed by atoms with Gasteiger partial charge in [0.05, 0.1) is 15.2 Å². The van der Waals surface area contributed by atoms with Crippen LogP contribution < -0.4 is 10.1 Å². The second-order valence-electron chi connectivity index (χ2n) is 4.20. The molecule has 0 aliphatic carbocycles. The summed E-state index contributed by atoms with van der Waals surface area (Å²) in [5.41, 5.74) is 1.93. The number of anilines is 1. The molecule has 0 aromatic heterocycles. The summed E-state index contributed by atoms with van der Waals surface area (Å²) in [6, 6.07) is 11.5. The van der Waals surface area contributed by atoms with Crippen molar-refractivity contribution in [3.05, 3.63) is 55.9 Å². The van der Waals surface area contributed by atoms with Crippen molar-refractivity contribution < 1.29 is 4.74 Å². The minimum Gasteiger partial charge on any atom is -0.481 e. The van der Waals surface area contributed by atoms with Crippen molar-refractivity contribution in [3.63, 3.8) is 0 Å². The molecule has 2 aromatic rings. The van der Waals surface area contributed by atoms with Crippen LogP contribution in [-0.2, 0) is 6.54 Å². The zero-order valence-electron chi connectivity index (χ0n) is 11.0. The van der Waals surface area contributed by atoms with E-state index in [-0.39, 0.29) is 6.61 Å². The summed E-state index contributed by atoms with van der Waals surface area (Å²) in [6.07, 6.45) is 5.24. The van der Waals surface area contributed by atoms with Gasteiger partial charge in [-0.25, -0.2) is 0 Å². The van der Waals surface area contributed by atoms with E-state index in [2.05, 4.69) is 43.1 Å². The average molecular weight is 430 g/mol. The highest BCUT2D eigenvalue weighted by Crippen LogP contribution is 2.31. The van der Waals surface area contributed by atoms with Crippen LogP contribution in [0.4, 0.5) is 5.69 Å². The first kappa shape index (κ1) is 16.2. The van der Waals surface area contributed by atoms with Crippen molar-refractivity contribution in [3.8, 4) is 18.1 Å². The molecule has 0 unspecified atom stereocenters. The van der Waals surface area contributed by atoms with Gasteiger partial charge in [-0.15, -0.1) is 6.42 Å². The molecule has 0 amide bonds. The van der Waals surface area contributed by atoms with Gasteiger partial charge in [0, 0.05) is 16.6 Å². The number of nitrogens with one attached hydrogen (secondary N) is 1. The van der Waals surface area contributed by atoms with E-state index in [0.29, 0.717) is 11.6 Å². The molecule has 5 heteroatoms. The van der Waals surface area contributed by atoms with Crippen LogP contribution >= 0.6 is 43.5 Å². The van der Waals surface area contributed by atoms with Gasteiger partial charge in [-0.05, 0) is 46.3 Å². The first-order chi connectivity index (χ1) is 10.1. The fourth-order valence-electron chi connectivity index (χ4n) is 1.78. The van der Waals surface area contributed by atoms with E-state index in [9.17, 15) is 0 Å². The zero-order valence-corrected chi connectivity index (χ0v) is 14.9. The summed E-state index contributed by atoms with van der Waals surface area (Å²) in [6.45, 7) is 0.841. The van der Waals surface area contributed by atoms with E-state index in [0.717, 1.165) is 25.9 Å². The molecule has 21 heavy (non-hydrogen) atoms. The maximum Gasteiger partial charge on any atom is 0.148 e. The first-order valence-corrected chi connectivity index (χ1v) is 8.11. The molecule has 2 nitrogen and oxygen atoms in total. The highest BCUT2D eigenvalue weighted by Gasteiger charge is 2.07. The summed E-state index contributed by atoms with van der Waals surface area (Å²) in [5.74, 6) is 3.23.